The third-order valence-electron chi connectivity index (χ3n) is 2.16. The number of aromatic nitrogens is 4. The van der Waals surface area contributed by atoms with E-state index >= 15 is 0 Å². The van der Waals surface area contributed by atoms with Crippen LogP contribution in [0.3, 0.4) is 0 Å². The lowest BCUT2D eigenvalue weighted by Gasteiger charge is -2.04. The van der Waals surface area contributed by atoms with Gasteiger partial charge in [-0.15, -0.1) is 11.8 Å². The number of alkyl halides is 2. The summed E-state index contributed by atoms with van der Waals surface area (Å²) in [6.45, 7) is 1.28. The van der Waals surface area contributed by atoms with Gasteiger partial charge in [0.15, 0.2) is 11.3 Å². The van der Waals surface area contributed by atoms with E-state index in [1.165, 1.54) is 16.3 Å². The smallest absolute Gasteiger partial charge is 0.256 e. The summed E-state index contributed by atoms with van der Waals surface area (Å²) in [7, 11) is 0. The molecule has 86 valence electrons. The summed E-state index contributed by atoms with van der Waals surface area (Å²) in [6.07, 6.45) is 1.03. The minimum atomic E-state index is -2.42. The van der Waals surface area contributed by atoms with Crippen molar-refractivity contribution in [3.63, 3.8) is 0 Å². The molecule has 0 atom stereocenters. The number of thioether (sulfide) groups is 1. The SMILES string of the molecule is CSc1cnc2nc(C)n(CC(F)F)c2n1. The van der Waals surface area contributed by atoms with E-state index in [0.29, 0.717) is 22.1 Å². The molecule has 0 aliphatic rings. The van der Waals surface area contributed by atoms with E-state index in [9.17, 15) is 8.78 Å². The highest BCUT2D eigenvalue weighted by atomic mass is 32.2. The Bertz CT molecular complexity index is 511. The summed E-state index contributed by atoms with van der Waals surface area (Å²) in [5, 5.41) is 0.697. The zero-order chi connectivity index (χ0) is 11.7. The molecule has 2 rings (SSSR count). The minimum absolute atomic E-state index is 0.394. The fourth-order valence-electron chi connectivity index (χ4n) is 1.44. The van der Waals surface area contributed by atoms with Gasteiger partial charge in [-0.25, -0.2) is 23.7 Å². The maximum absolute atomic E-state index is 12.4. The van der Waals surface area contributed by atoms with E-state index < -0.39 is 13.0 Å². The Morgan fingerprint density at radius 3 is 2.81 bits per heavy atom. The number of halogens is 2. The molecular weight excluding hydrogens is 234 g/mol. The fraction of sp³-hybridized carbons (Fsp3) is 0.444. The van der Waals surface area contributed by atoms with Crippen LogP contribution < -0.4 is 0 Å². The Balaban J connectivity index is 2.56. The van der Waals surface area contributed by atoms with Crippen molar-refractivity contribution in [1.82, 2.24) is 19.5 Å². The molecule has 0 spiro atoms. The maximum Gasteiger partial charge on any atom is 0.256 e. The van der Waals surface area contributed by atoms with Crippen LogP contribution in [0.1, 0.15) is 5.82 Å². The molecule has 0 amide bonds. The fourth-order valence-corrected chi connectivity index (χ4v) is 1.77. The molecule has 0 N–H and O–H groups in total. The molecule has 0 aliphatic carbocycles. The van der Waals surface area contributed by atoms with E-state index in [-0.39, 0.29) is 0 Å². The van der Waals surface area contributed by atoms with Crippen LogP contribution in [0.2, 0.25) is 0 Å². The molecule has 0 fully saturated rings. The number of imidazole rings is 1. The quantitative estimate of drug-likeness (QED) is 0.776. The minimum Gasteiger partial charge on any atom is -0.306 e. The van der Waals surface area contributed by atoms with Gasteiger partial charge in [-0.1, -0.05) is 0 Å². The lowest BCUT2D eigenvalue weighted by atomic mass is 10.5. The highest BCUT2D eigenvalue weighted by molar-refractivity contribution is 7.98. The summed E-state index contributed by atoms with van der Waals surface area (Å²) in [5.41, 5.74) is 0.834. The molecule has 7 heteroatoms. The molecular formula is C9H10F2N4S. The lowest BCUT2D eigenvalue weighted by molar-refractivity contribution is 0.127. The van der Waals surface area contributed by atoms with Crippen molar-refractivity contribution in [1.29, 1.82) is 0 Å². The van der Waals surface area contributed by atoms with Crippen molar-refractivity contribution in [2.24, 2.45) is 0 Å². The average molecular weight is 244 g/mol. The van der Waals surface area contributed by atoms with Crippen LogP contribution in [0.25, 0.3) is 11.3 Å². The van der Waals surface area contributed by atoms with Gasteiger partial charge in [0, 0.05) is 0 Å². The van der Waals surface area contributed by atoms with Crippen molar-refractivity contribution in [3.8, 4) is 0 Å². The van der Waals surface area contributed by atoms with Gasteiger partial charge in [-0.3, -0.25) is 0 Å². The van der Waals surface area contributed by atoms with E-state index in [4.69, 9.17) is 0 Å². The molecule has 0 bridgehead atoms. The maximum atomic E-state index is 12.4. The highest BCUT2D eigenvalue weighted by Crippen LogP contribution is 2.17. The van der Waals surface area contributed by atoms with Crippen molar-refractivity contribution in [3.05, 3.63) is 12.0 Å². The summed E-state index contributed by atoms with van der Waals surface area (Å²) < 4.78 is 26.2. The van der Waals surface area contributed by atoms with E-state index in [1.807, 2.05) is 6.26 Å². The van der Waals surface area contributed by atoms with Gasteiger partial charge in [0.25, 0.3) is 6.43 Å². The van der Waals surface area contributed by atoms with Crippen molar-refractivity contribution in [2.45, 2.75) is 24.9 Å². The molecule has 2 heterocycles. The van der Waals surface area contributed by atoms with Crippen LogP contribution in [0.4, 0.5) is 8.78 Å². The first-order valence-electron chi connectivity index (χ1n) is 4.64. The number of aryl methyl sites for hydroxylation is 1. The molecule has 0 saturated heterocycles. The number of fused-ring (bicyclic) bond motifs is 1. The summed E-state index contributed by atoms with van der Waals surface area (Å²) in [5.74, 6) is 0.508. The Morgan fingerprint density at radius 1 is 1.44 bits per heavy atom. The van der Waals surface area contributed by atoms with Crippen LogP contribution in [0.5, 0.6) is 0 Å². The second-order valence-corrected chi connectivity index (χ2v) is 4.05. The molecule has 0 aliphatic heterocycles. The first kappa shape index (κ1) is 11.3. The molecule has 0 saturated carbocycles. The zero-order valence-corrected chi connectivity index (χ0v) is 9.63. The molecule has 4 nitrogen and oxygen atoms in total. The Hall–Kier alpha value is -1.24. The van der Waals surface area contributed by atoms with Crippen LogP contribution in [0.15, 0.2) is 11.2 Å². The summed E-state index contributed by atoms with van der Waals surface area (Å²) >= 11 is 1.42. The van der Waals surface area contributed by atoms with E-state index in [1.54, 1.807) is 13.1 Å². The first-order valence-corrected chi connectivity index (χ1v) is 5.86. The normalized spacial score (nSPS) is 11.6. The Kier molecular flexibility index (Phi) is 3.04. The van der Waals surface area contributed by atoms with Crippen LogP contribution in [0, 0.1) is 6.92 Å². The predicted molar refractivity (Wildman–Crippen MR) is 57.8 cm³/mol. The molecule has 2 aromatic rings. The molecule has 0 radical (unpaired) electrons. The topological polar surface area (TPSA) is 43.6 Å². The van der Waals surface area contributed by atoms with Gasteiger partial charge >= 0.3 is 0 Å². The van der Waals surface area contributed by atoms with Crippen LogP contribution in [-0.2, 0) is 6.54 Å². The van der Waals surface area contributed by atoms with E-state index in [2.05, 4.69) is 15.0 Å². The summed E-state index contributed by atoms with van der Waals surface area (Å²) in [6, 6.07) is 0. The Morgan fingerprint density at radius 2 is 2.19 bits per heavy atom. The molecule has 0 aromatic carbocycles. The molecule has 2 aromatic heterocycles. The third-order valence-corrected chi connectivity index (χ3v) is 2.77. The van der Waals surface area contributed by atoms with Gasteiger partial charge in [0.2, 0.25) is 0 Å². The largest absolute Gasteiger partial charge is 0.306 e. The number of rotatable bonds is 3. The second-order valence-electron chi connectivity index (χ2n) is 3.22. The van der Waals surface area contributed by atoms with Crippen LogP contribution >= 0.6 is 11.8 Å². The Labute approximate surface area is 95.1 Å². The number of nitrogens with zero attached hydrogens (tertiary/aromatic N) is 4. The summed E-state index contributed by atoms with van der Waals surface area (Å²) in [4.78, 5) is 12.4. The second kappa shape index (κ2) is 4.32. The average Bonchev–Trinajstić information content (AvgIpc) is 2.54. The van der Waals surface area contributed by atoms with Crippen LogP contribution in [-0.4, -0.2) is 32.2 Å². The third kappa shape index (κ3) is 1.99. The van der Waals surface area contributed by atoms with Gasteiger partial charge in [0.05, 0.1) is 12.7 Å². The van der Waals surface area contributed by atoms with Crippen molar-refractivity contribution in [2.75, 3.05) is 6.26 Å². The van der Waals surface area contributed by atoms with Crippen molar-refractivity contribution >= 4 is 23.1 Å². The first-order chi connectivity index (χ1) is 7.61. The standard InChI is InChI=1S/C9H10F2N4S/c1-5-13-8-9(15(5)4-6(10)11)14-7(16-2)3-12-8/h3,6H,4H2,1-2H3. The molecule has 16 heavy (non-hydrogen) atoms. The van der Waals surface area contributed by atoms with E-state index in [0.717, 1.165) is 0 Å². The monoisotopic (exact) mass is 244 g/mol. The zero-order valence-electron chi connectivity index (χ0n) is 8.81. The number of hydrogen-bond acceptors (Lipinski definition) is 4. The predicted octanol–water partition coefficient (Wildman–Crippen LogP) is 2.12. The van der Waals surface area contributed by atoms with Gasteiger partial charge in [-0.2, -0.15) is 0 Å². The van der Waals surface area contributed by atoms with Gasteiger partial charge in [0.1, 0.15) is 10.9 Å². The van der Waals surface area contributed by atoms with Crippen molar-refractivity contribution < 1.29 is 8.78 Å². The van der Waals surface area contributed by atoms with Gasteiger partial charge < -0.3 is 4.57 Å². The number of hydrogen-bond donors (Lipinski definition) is 0. The lowest BCUT2D eigenvalue weighted by Crippen LogP contribution is -2.09. The highest BCUT2D eigenvalue weighted by Gasteiger charge is 2.14. The van der Waals surface area contributed by atoms with Gasteiger partial charge in [-0.05, 0) is 13.2 Å². The molecule has 0 unspecified atom stereocenters.